The Balaban J connectivity index is 1.56. The Morgan fingerprint density at radius 2 is 2.17 bits per heavy atom. The highest BCUT2D eigenvalue weighted by Gasteiger charge is 2.28. The summed E-state index contributed by atoms with van der Waals surface area (Å²) in [5.74, 6) is 0.465. The number of thioether (sulfide) groups is 1. The first-order chi connectivity index (χ1) is 14.5. The molecule has 0 bridgehead atoms. The number of hydrogen-bond donors (Lipinski definition) is 1. The number of urea groups is 1. The first kappa shape index (κ1) is 21.3. The zero-order valence-corrected chi connectivity index (χ0v) is 18.9. The molecular weight excluding hydrogens is 424 g/mol. The molecule has 2 aromatic rings. The minimum Gasteiger partial charge on any atom is -0.376 e. The van der Waals surface area contributed by atoms with Crippen molar-refractivity contribution in [1.29, 1.82) is 0 Å². The lowest BCUT2D eigenvalue weighted by Crippen LogP contribution is -2.32. The maximum absolute atomic E-state index is 13.4. The molecule has 1 atom stereocenters. The minimum absolute atomic E-state index is 0.00768. The number of rotatable bonds is 8. The van der Waals surface area contributed by atoms with Crippen LogP contribution in [0.4, 0.5) is 4.79 Å². The van der Waals surface area contributed by atoms with Gasteiger partial charge < -0.3 is 10.1 Å². The number of nitrogens with one attached hydrogen (secondary N) is 1. The normalized spacial score (nSPS) is 19.3. The van der Waals surface area contributed by atoms with Crippen LogP contribution in [0.25, 0.3) is 10.2 Å². The average Bonchev–Trinajstić information content (AvgIpc) is 3.42. The monoisotopic (exact) mass is 450 g/mol. The summed E-state index contributed by atoms with van der Waals surface area (Å²) < 4.78 is 7.54. The second kappa shape index (κ2) is 9.07. The largest absolute Gasteiger partial charge is 0.376 e. The Morgan fingerprint density at radius 1 is 1.33 bits per heavy atom. The summed E-state index contributed by atoms with van der Waals surface area (Å²) in [5, 5.41) is 3.95. The minimum atomic E-state index is -0.332. The molecule has 2 aromatic heterocycles. The van der Waals surface area contributed by atoms with Crippen LogP contribution in [0.5, 0.6) is 0 Å². The van der Waals surface area contributed by atoms with Crippen molar-refractivity contribution in [3.05, 3.63) is 20.8 Å². The van der Waals surface area contributed by atoms with Crippen LogP contribution < -0.4 is 10.9 Å². The van der Waals surface area contributed by atoms with E-state index in [1.807, 2.05) is 6.92 Å². The highest BCUT2D eigenvalue weighted by molar-refractivity contribution is 7.99. The second-order valence-electron chi connectivity index (χ2n) is 7.52. The fraction of sp³-hybridized carbons (Fsp3) is 0.600. The third-order valence-electron chi connectivity index (χ3n) is 5.54. The standard InChI is InChI=1S/C20H26N4O4S2/c1-3-14-12(2)30-17-16(14)18(26)24(11-13-6-4-8-28-13)20(22-17)29-9-5-7-23-15(25)10-21-19(23)27/h13H,3-11H2,1-2H3,(H,21,27). The number of imide groups is 1. The van der Waals surface area contributed by atoms with Gasteiger partial charge in [0, 0.05) is 23.8 Å². The number of aryl methyl sites for hydroxylation is 2. The van der Waals surface area contributed by atoms with Crippen molar-refractivity contribution in [2.24, 2.45) is 0 Å². The number of hydrogen-bond acceptors (Lipinski definition) is 7. The molecule has 4 heterocycles. The summed E-state index contributed by atoms with van der Waals surface area (Å²) in [7, 11) is 0. The van der Waals surface area contributed by atoms with Gasteiger partial charge in [-0.3, -0.25) is 19.1 Å². The van der Waals surface area contributed by atoms with Crippen LogP contribution in [0.3, 0.4) is 0 Å². The van der Waals surface area contributed by atoms with Gasteiger partial charge in [0.2, 0.25) is 5.91 Å². The van der Waals surface area contributed by atoms with Gasteiger partial charge in [-0.25, -0.2) is 9.78 Å². The number of fused-ring (bicyclic) bond motifs is 1. The van der Waals surface area contributed by atoms with Gasteiger partial charge in [0.05, 0.1) is 24.6 Å². The molecule has 2 fully saturated rings. The summed E-state index contributed by atoms with van der Waals surface area (Å²) in [6.45, 7) is 5.80. The van der Waals surface area contributed by atoms with Crippen LogP contribution in [-0.4, -0.2) is 57.9 Å². The van der Waals surface area contributed by atoms with Crippen molar-refractivity contribution in [2.45, 2.75) is 57.3 Å². The Kier molecular flexibility index (Phi) is 6.45. The predicted octanol–water partition coefficient (Wildman–Crippen LogP) is 2.54. The first-order valence-corrected chi connectivity index (χ1v) is 12.1. The van der Waals surface area contributed by atoms with Gasteiger partial charge >= 0.3 is 6.03 Å². The predicted molar refractivity (Wildman–Crippen MR) is 117 cm³/mol. The molecule has 2 saturated heterocycles. The average molecular weight is 451 g/mol. The molecule has 2 aliphatic heterocycles. The molecule has 8 nitrogen and oxygen atoms in total. The second-order valence-corrected chi connectivity index (χ2v) is 9.79. The highest BCUT2D eigenvalue weighted by Crippen LogP contribution is 2.30. The topological polar surface area (TPSA) is 93.5 Å². The SMILES string of the molecule is CCc1c(C)sc2nc(SCCCN3C(=O)CNC3=O)n(CC3CCCO3)c(=O)c12. The van der Waals surface area contributed by atoms with E-state index in [4.69, 9.17) is 9.72 Å². The quantitative estimate of drug-likeness (QED) is 0.288. The Morgan fingerprint density at radius 3 is 2.83 bits per heavy atom. The van der Waals surface area contributed by atoms with E-state index < -0.39 is 0 Å². The summed E-state index contributed by atoms with van der Waals surface area (Å²) in [6.07, 6.45) is 3.45. The number of amides is 3. The van der Waals surface area contributed by atoms with Gasteiger partial charge in [0.15, 0.2) is 5.16 Å². The van der Waals surface area contributed by atoms with Crippen LogP contribution >= 0.6 is 23.1 Å². The van der Waals surface area contributed by atoms with Crippen molar-refractivity contribution >= 4 is 45.3 Å². The molecular formula is C20H26N4O4S2. The summed E-state index contributed by atoms with van der Waals surface area (Å²) >= 11 is 3.07. The van der Waals surface area contributed by atoms with Gasteiger partial charge in [0.1, 0.15) is 4.83 Å². The maximum Gasteiger partial charge on any atom is 0.324 e. The van der Waals surface area contributed by atoms with E-state index in [1.54, 1.807) is 15.9 Å². The van der Waals surface area contributed by atoms with Gasteiger partial charge in [-0.15, -0.1) is 11.3 Å². The molecule has 0 spiro atoms. The van der Waals surface area contributed by atoms with E-state index in [9.17, 15) is 14.4 Å². The van der Waals surface area contributed by atoms with E-state index in [0.29, 0.717) is 30.4 Å². The van der Waals surface area contributed by atoms with E-state index in [2.05, 4.69) is 12.2 Å². The zero-order valence-electron chi connectivity index (χ0n) is 17.2. The van der Waals surface area contributed by atoms with Crippen LogP contribution in [0.1, 0.15) is 36.6 Å². The molecule has 30 heavy (non-hydrogen) atoms. The smallest absolute Gasteiger partial charge is 0.324 e. The third kappa shape index (κ3) is 4.13. The highest BCUT2D eigenvalue weighted by atomic mass is 32.2. The van der Waals surface area contributed by atoms with Crippen LogP contribution in [-0.2, 0) is 22.5 Å². The summed E-state index contributed by atoms with van der Waals surface area (Å²) in [4.78, 5) is 44.8. The lowest BCUT2D eigenvalue weighted by Gasteiger charge is -2.16. The van der Waals surface area contributed by atoms with Gasteiger partial charge in [-0.05, 0) is 38.2 Å². The van der Waals surface area contributed by atoms with E-state index in [-0.39, 0.29) is 30.1 Å². The summed E-state index contributed by atoms with van der Waals surface area (Å²) in [5.41, 5.74) is 1.09. The van der Waals surface area contributed by atoms with Gasteiger partial charge in [-0.2, -0.15) is 0 Å². The molecule has 1 unspecified atom stereocenters. The number of aromatic nitrogens is 2. The molecule has 162 valence electrons. The van der Waals surface area contributed by atoms with Crippen LogP contribution in [0.2, 0.25) is 0 Å². The number of carbonyl (C=O) groups excluding carboxylic acids is 2. The summed E-state index contributed by atoms with van der Waals surface area (Å²) in [6, 6.07) is -0.332. The van der Waals surface area contributed by atoms with Gasteiger partial charge in [0.25, 0.3) is 5.56 Å². The zero-order chi connectivity index (χ0) is 21.3. The molecule has 0 aliphatic carbocycles. The lowest BCUT2D eigenvalue weighted by molar-refractivity contribution is -0.124. The van der Waals surface area contributed by atoms with Crippen molar-refractivity contribution < 1.29 is 14.3 Å². The van der Waals surface area contributed by atoms with Crippen molar-refractivity contribution in [1.82, 2.24) is 19.8 Å². The molecule has 0 aromatic carbocycles. The van der Waals surface area contributed by atoms with Crippen molar-refractivity contribution in [3.8, 4) is 0 Å². The van der Waals surface area contributed by atoms with Crippen LogP contribution in [0.15, 0.2) is 9.95 Å². The fourth-order valence-electron chi connectivity index (χ4n) is 3.99. The van der Waals surface area contributed by atoms with E-state index >= 15 is 0 Å². The Labute approximate surface area is 183 Å². The van der Waals surface area contributed by atoms with E-state index in [1.165, 1.54) is 16.7 Å². The molecule has 0 saturated carbocycles. The van der Waals surface area contributed by atoms with Crippen molar-refractivity contribution in [3.63, 3.8) is 0 Å². The lowest BCUT2D eigenvalue weighted by atomic mass is 10.1. The number of carbonyl (C=O) groups is 2. The number of ether oxygens (including phenoxy) is 1. The molecule has 0 radical (unpaired) electrons. The first-order valence-electron chi connectivity index (χ1n) is 10.3. The third-order valence-corrected chi connectivity index (χ3v) is 7.64. The van der Waals surface area contributed by atoms with E-state index in [0.717, 1.165) is 46.5 Å². The number of thiophene rings is 1. The van der Waals surface area contributed by atoms with Crippen LogP contribution in [0, 0.1) is 6.92 Å². The molecule has 4 rings (SSSR count). The van der Waals surface area contributed by atoms with Crippen molar-refractivity contribution in [2.75, 3.05) is 25.4 Å². The van der Waals surface area contributed by atoms with Gasteiger partial charge in [-0.1, -0.05) is 18.7 Å². The molecule has 3 amide bonds. The molecule has 10 heteroatoms. The Bertz CT molecular complexity index is 1010. The molecule has 2 aliphatic rings. The molecule has 1 N–H and O–H groups in total. The fourth-order valence-corrected chi connectivity index (χ4v) is 6.07. The number of nitrogens with zero attached hydrogens (tertiary/aromatic N) is 3. The maximum atomic E-state index is 13.4. The Hall–Kier alpha value is -1.91.